The number of nitrogen functional groups attached to an aromatic ring is 1. The van der Waals surface area contributed by atoms with E-state index in [1.165, 1.54) is 0 Å². The average molecular weight is 297 g/mol. The number of nitrogens with one attached hydrogen (secondary N) is 1. The number of aromatic nitrogens is 1. The molecule has 0 radical (unpaired) electrons. The van der Waals surface area contributed by atoms with Gasteiger partial charge in [-0.15, -0.1) is 0 Å². The number of hydrogen-bond donors (Lipinski definition) is 3. The molecule has 110 valence electrons. The largest absolute Gasteiger partial charge is 0.481 e. The van der Waals surface area contributed by atoms with Crippen molar-refractivity contribution in [1.82, 2.24) is 10.3 Å². The fourth-order valence-electron chi connectivity index (χ4n) is 2.79. The third-order valence-electron chi connectivity index (χ3n) is 3.70. The number of anilines is 1. The summed E-state index contributed by atoms with van der Waals surface area (Å²) in [5.41, 5.74) is 5.55. The Morgan fingerprint density at radius 1 is 1.40 bits per heavy atom. The Bertz CT molecular complexity index is 521. The molecule has 1 aromatic heterocycles. The average Bonchev–Trinajstić information content (AvgIpc) is 2.68. The number of carbonyl (C=O) groups is 2. The summed E-state index contributed by atoms with van der Waals surface area (Å²) in [6.45, 7) is 1.73. The van der Waals surface area contributed by atoms with E-state index in [2.05, 4.69) is 10.3 Å². The minimum absolute atomic E-state index is 0.0356. The Morgan fingerprint density at radius 2 is 2.05 bits per heavy atom. The number of nitrogens with zero attached hydrogens (tertiary/aromatic N) is 1. The molecule has 0 aromatic carbocycles. The number of carbonyl (C=O) groups excluding carboxylic acids is 1. The Hall–Kier alpha value is -1.63. The fraction of sp³-hybridized carbons (Fsp3) is 0.615. The summed E-state index contributed by atoms with van der Waals surface area (Å²) in [4.78, 5) is 27.9. The van der Waals surface area contributed by atoms with E-state index in [0.29, 0.717) is 28.5 Å². The number of hydrogen-bond acceptors (Lipinski definition) is 5. The third-order valence-corrected chi connectivity index (χ3v) is 4.68. The first-order valence-electron chi connectivity index (χ1n) is 6.69. The van der Waals surface area contributed by atoms with Crippen LogP contribution in [0.4, 0.5) is 5.13 Å². The quantitative estimate of drug-likeness (QED) is 0.787. The van der Waals surface area contributed by atoms with Gasteiger partial charge in [0.2, 0.25) is 0 Å². The van der Waals surface area contributed by atoms with E-state index < -0.39 is 11.5 Å². The van der Waals surface area contributed by atoms with Crippen LogP contribution in [0.15, 0.2) is 0 Å². The van der Waals surface area contributed by atoms with Crippen LogP contribution >= 0.6 is 11.3 Å². The molecule has 0 aliphatic heterocycles. The van der Waals surface area contributed by atoms with Crippen molar-refractivity contribution in [1.29, 1.82) is 0 Å². The van der Waals surface area contributed by atoms with Gasteiger partial charge in [-0.1, -0.05) is 30.6 Å². The number of rotatable bonds is 4. The Kier molecular flexibility index (Phi) is 4.27. The second-order valence-corrected chi connectivity index (χ2v) is 6.36. The first-order valence-corrected chi connectivity index (χ1v) is 7.51. The molecule has 20 heavy (non-hydrogen) atoms. The van der Waals surface area contributed by atoms with Crippen LogP contribution in [0.3, 0.4) is 0 Å². The summed E-state index contributed by atoms with van der Waals surface area (Å²) in [7, 11) is 0. The van der Waals surface area contributed by atoms with Gasteiger partial charge in [0.1, 0.15) is 4.88 Å². The number of amides is 1. The van der Waals surface area contributed by atoms with Gasteiger partial charge < -0.3 is 16.2 Å². The number of aryl methyl sites for hydroxylation is 1. The van der Waals surface area contributed by atoms with Crippen LogP contribution in [0.5, 0.6) is 0 Å². The lowest BCUT2D eigenvalue weighted by Gasteiger charge is -2.36. The Labute approximate surface area is 121 Å². The number of carboxylic acid groups (broad SMARTS) is 1. The normalized spacial score (nSPS) is 17.6. The smallest absolute Gasteiger partial charge is 0.305 e. The first kappa shape index (κ1) is 14.8. The van der Waals surface area contributed by atoms with Gasteiger partial charge in [0.25, 0.3) is 5.91 Å². The lowest BCUT2D eigenvalue weighted by atomic mass is 9.79. The van der Waals surface area contributed by atoms with E-state index in [1.807, 2.05) is 0 Å². The molecule has 0 unspecified atom stereocenters. The summed E-state index contributed by atoms with van der Waals surface area (Å²) in [6, 6.07) is 0. The van der Waals surface area contributed by atoms with E-state index in [-0.39, 0.29) is 12.3 Å². The minimum atomic E-state index is -0.882. The fourth-order valence-corrected chi connectivity index (χ4v) is 3.52. The SMILES string of the molecule is Cc1nc(N)sc1C(=O)NC1(CC(=O)O)CCCCC1. The predicted octanol–water partition coefficient (Wildman–Crippen LogP) is 1.94. The third kappa shape index (κ3) is 3.27. The van der Waals surface area contributed by atoms with E-state index in [0.717, 1.165) is 30.6 Å². The van der Waals surface area contributed by atoms with Crippen LogP contribution in [0.2, 0.25) is 0 Å². The lowest BCUT2D eigenvalue weighted by Crippen LogP contribution is -2.51. The highest BCUT2D eigenvalue weighted by atomic mass is 32.1. The minimum Gasteiger partial charge on any atom is -0.481 e. The Morgan fingerprint density at radius 3 is 2.55 bits per heavy atom. The molecule has 0 spiro atoms. The highest BCUT2D eigenvalue weighted by molar-refractivity contribution is 7.17. The molecule has 4 N–H and O–H groups in total. The molecule has 1 heterocycles. The van der Waals surface area contributed by atoms with Crippen molar-refractivity contribution in [3.8, 4) is 0 Å². The van der Waals surface area contributed by atoms with Gasteiger partial charge in [0.15, 0.2) is 5.13 Å². The van der Waals surface area contributed by atoms with Gasteiger partial charge in [-0.25, -0.2) is 4.98 Å². The molecule has 1 saturated carbocycles. The van der Waals surface area contributed by atoms with Gasteiger partial charge in [-0.2, -0.15) is 0 Å². The van der Waals surface area contributed by atoms with Crippen molar-refractivity contribution in [3.05, 3.63) is 10.6 Å². The summed E-state index contributed by atoms with van der Waals surface area (Å²) >= 11 is 1.14. The van der Waals surface area contributed by atoms with Crippen LogP contribution in [-0.4, -0.2) is 27.5 Å². The van der Waals surface area contributed by atoms with Crippen molar-refractivity contribution in [2.24, 2.45) is 0 Å². The molecule has 7 heteroatoms. The second kappa shape index (κ2) is 5.78. The van der Waals surface area contributed by atoms with Crippen LogP contribution in [-0.2, 0) is 4.79 Å². The monoisotopic (exact) mass is 297 g/mol. The maximum Gasteiger partial charge on any atom is 0.305 e. The number of thiazole rings is 1. The molecule has 0 atom stereocenters. The van der Waals surface area contributed by atoms with Gasteiger partial charge in [0.05, 0.1) is 17.7 Å². The molecule has 1 aliphatic carbocycles. The maximum absolute atomic E-state index is 12.3. The van der Waals surface area contributed by atoms with Crippen molar-refractivity contribution in [2.75, 3.05) is 5.73 Å². The molecular weight excluding hydrogens is 278 g/mol. The molecule has 1 amide bonds. The van der Waals surface area contributed by atoms with Crippen molar-refractivity contribution in [3.63, 3.8) is 0 Å². The number of nitrogens with two attached hydrogens (primary N) is 1. The Balaban J connectivity index is 2.17. The topological polar surface area (TPSA) is 105 Å². The molecule has 2 rings (SSSR count). The van der Waals surface area contributed by atoms with Crippen molar-refractivity contribution < 1.29 is 14.7 Å². The molecule has 1 aromatic rings. The van der Waals surface area contributed by atoms with Gasteiger partial charge in [-0.3, -0.25) is 9.59 Å². The van der Waals surface area contributed by atoms with Crippen LogP contribution in [0, 0.1) is 6.92 Å². The number of aliphatic carboxylic acids is 1. The summed E-state index contributed by atoms with van der Waals surface area (Å²) in [6.07, 6.45) is 4.35. The molecule has 0 saturated heterocycles. The van der Waals surface area contributed by atoms with Gasteiger partial charge in [0, 0.05) is 0 Å². The predicted molar refractivity (Wildman–Crippen MR) is 76.8 cm³/mol. The standard InChI is InChI=1S/C13H19N3O3S/c1-8-10(20-12(14)15-8)11(19)16-13(7-9(17)18)5-3-2-4-6-13/h2-7H2,1H3,(H2,14,15)(H,16,19)(H,17,18). The zero-order valence-electron chi connectivity index (χ0n) is 11.4. The molecule has 1 fully saturated rings. The van der Waals surface area contributed by atoms with Crippen LogP contribution in [0.25, 0.3) is 0 Å². The lowest BCUT2D eigenvalue weighted by molar-refractivity contribution is -0.139. The van der Waals surface area contributed by atoms with E-state index in [4.69, 9.17) is 10.8 Å². The summed E-state index contributed by atoms with van der Waals surface area (Å²) < 4.78 is 0. The van der Waals surface area contributed by atoms with E-state index in [9.17, 15) is 9.59 Å². The zero-order valence-corrected chi connectivity index (χ0v) is 12.3. The molecular formula is C13H19N3O3S. The maximum atomic E-state index is 12.3. The van der Waals surface area contributed by atoms with Crippen molar-refractivity contribution in [2.45, 2.75) is 51.0 Å². The second-order valence-electron chi connectivity index (χ2n) is 5.33. The van der Waals surface area contributed by atoms with Crippen molar-refractivity contribution >= 4 is 28.3 Å². The first-order chi connectivity index (χ1) is 9.42. The molecule has 6 nitrogen and oxygen atoms in total. The van der Waals surface area contributed by atoms with Crippen LogP contribution in [0.1, 0.15) is 53.9 Å². The van der Waals surface area contributed by atoms with Gasteiger partial charge in [-0.05, 0) is 19.8 Å². The van der Waals surface area contributed by atoms with Crippen LogP contribution < -0.4 is 11.1 Å². The molecule has 0 bridgehead atoms. The highest BCUT2D eigenvalue weighted by Crippen LogP contribution is 2.32. The summed E-state index contributed by atoms with van der Waals surface area (Å²) in [5, 5.41) is 12.4. The highest BCUT2D eigenvalue weighted by Gasteiger charge is 2.36. The van der Waals surface area contributed by atoms with E-state index >= 15 is 0 Å². The molecule has 1 aliphatic rings. The van der Waals surface area contributed by atoms with E-state index in [1.54, 1.807) is 6.92 Å². The van der Waals surface area contributed by atoms with Gasteiger partial charge >= 0.3 is 5.97 Å². The summed E-state index contributed by atoms with van der Waals surface area (Å²) in [5.74, 6) is -1.15. The number of carboxylic acids is 1. The zero-order chi connectivity index (χ0) is 14.8.